The van der Waals surface area contributed by atoms with Gasteiger partial charge in [0.2, 0.25) is 0 Å². The van der Waals surface area contributed by atoms with E-state index in [0.717, 1.165) is 0 Å². The first-order chi connectivity index (χ1) is 1.00. The summed E-state index contributed by atoms with van der Waals surface area (Å²) in [5, 5.41) is 0. The van der Waals surface area contributed by atoms with Gasteiger partial charge in [-0.3, -0.25) is 0 Å². The molecule has 0 aromatic rings. The van der Waals surface area contributed by atoms with Crippen LogP contribution in [-0.4, -0.2) is 6.79 Å². The van der Waals surface area contributed by atoms with Crippen LogP contribution in [0.1, 0.15) is 0 Å². The van der Waals surface area contributed by atoms with Gasteiger partial charge < -0.3 is 4.79 Å². The number of hydrogen-bond donors (Lipinski definition) is 0. The van der Waals surface area contributed by atoms with Crippen LogP contribution in [0.3, 0.4) is 0 Å². The lowest BCUT2D eigenvalue weighted by molar-refractivity contribution is -0.0979. The van der Waals surface area contributed by atoms with Crippen molar-refractivity contribution in [3.05, 3.63) is 0 Å². The van der Waals surface area contributed by atoms with E-state index in [9.17, 15) is 0 Å². The highest BCUT2D eigenvalue weighted by atomic mass is 31.0. The molecule has 1 nitrogen and oxygen atoms in total. The van der Waals surface area contributed by atoms with Gasteiger partial charge >= 0.3 is 0 Å². The third-order valence-corrected chi connectivity index (χ3v) is 0. The third kappa shape index (κ3) is 47.2. The van der Waals surface area contributed by atoms with Gasteiger partial charge in [-0.15, -0.1) is 0 Å². The molecule has 0 radical (unpaired) electrons. The van der Waals surface area contributed by atoms with Crippen molar-refractivity contribution in [1.82, 2.24) is 0 Å². The minimum Gasteiger partial charge on any atom is -0.307 e. The second-order valence-electron chi connectivity index (χ2n) is 0. The molecule has 0 aliphatic carbocycles. The SMILES string of the molecule is C=O.P.P.P. The Hall–Kier alpha value is 0.960. The Morgan fingerprint density at radius 3 is 0.800 bits per heavy atom. The lowest BCUT2D eigenvalue weighted by Gasteiger charge is -0.837. The smallest absolute Gasteiger partial charge is 0.106 e. The highest BCUT2D eigenvalue weighted by Gasteiger charge is 0.636. The van der Waals surface area contributed by atoms with Gasteiger partial charge in [-0.25, -0.2) is 0 Å². The summed E-state index contributed by atoms with van der Waals surface area (Å²) in [6.07, 6.45) is 0. The molecule has 0 fully saturated rings. The summed E-state index contributed by atoms with van der Waals surface area (Å²) in [5.74, 6) is 0. The molecule has 3 atom stereocenters. The lowest BCUT2D eigenvalue weighted by Crippen LogP contribution is -0.925. The van der Waals surface area contributed by atoms with Crippen LogP contribution in [0.4, 0.5) is 0 Å². The third-order valence-electron chi connectivity index (χ3n) is 0. The van der Waals surface area contributed by atoms with Gasteiger partial charge in [-0.2, -0.15) is 29.7 Å². The molecule has 0 saturated heterocycles. The average molecular weight is 132 g/mol. The Kier molecular flexibility index (Phi) is 644. The van der Waals surface area contributed by atoms with Gasteiger partial charge in [0.1, 0.15) is 6.79 Å². The molecule has 36 valence electrons. The molecule has 0 N–H and O–H groups in total. The van der Waals surface area contributed by atoms with Crippen molar-refractivity contribution in [2.75, 3.05) is 0 Å². The Morgan fingerprint density at radius 1 is 0.800 bits per heavy atom. The predicted molar refractivity (Wildman–Crippen MR) is 40.4 cm³/mol. The summed E-state index contributed by atoms with van der Waals surface area (Å²) < 4.78 is 0. The van der Waals surface area contributed by atoms with Crippen LogP contribution in [0.2, 0.25) is 0 Å². The first-order valence-electron chi connectivity index (χ1n) is 0.289. The summed E-state index contributed by atoms with van der Waals surface area (Å²) >= 11 is 0. The topological polar surface area (TPSA) is 17.1 Å². The molecule has 0 heterocycles. The molecule has 0 rings (SSSR count). The van der Waals surface area contributed by atoms with Gasteiger partial charge in [0.05, 0.1) is 0 Å². The highest BCUT2D eigenvalue weighted by molar-refractivity contribution is 6.92. The molecule has 0 saturated carbocycles. The van der Waals surface area contributed by atoms with Gasteiger partial charge in [0.25, 0.3) is 0 Å². The Labute approximate surface area is 42.2 Å². The summed E-state index contributed by atoms with van der Waals surface area (Å²) in [7, 11) is 0. The minimum absolute atomic E-state index is 0. The maximum atomic E-state index is 8.00. The maximum Gasteiger partial charge on any atom is 0.106 e. The monoisotopic (exact) mass is 132 g/mol. The average Bonchev–Trinajstić information content (AvgIpc) is 1.00. The van der Waals surface area contributed by atoms with Crippen LogP contribution in [0, 0.1) is 0 Å². The lowest BCUT2D eigenvalue weighted by atomic mass is 11.9. The summed E-state index contributed by atoms with van der Waals surface area (Å²) in [4.78, 5) is 8.00. The van der Waals surface area contributed by atoms with Crippen molar-refractivity contribution in [2.24, 2.45) is 0 Å². The predicted octanol–water partition coefficient (Wildman–Crippen LogP) is -0.0106. The van der Waals surface area contributed by atoms with Gasteiger partial charge in [0.15, 0.2) is 0 Å². The van der Waals surface area contributed by atoms with E-state index in [0.29, 0.717) is 0 Å². The fraction of sp³-hybridized carbons (Fsp3) is 0. The van der Waals surface area contributed by atoms with Crippen LogP contribution in [0.25, 0.3) is 0 Å². The van der Waals surface area contributed by atoms with Crippen molar-refractivity contribution in [2.45, 2.75) is 0 Å². The van der Waals surface area contributed by atoms with Crippen LogP contribution in [-0.2, 0) is 4.79 Å². The molecule has 0 aliphatic heterocycles. The largest absolute Gasteiger partial charge is 0.307 e. The highest BCUT2D eigenvalue weighted by Crippen LogP contribution is 0.863. The van der Waals surface area contributed by atoms with Crippen molar-refractivity contribution >= 4 is 36.5 Å². The first-order valence-corrected chi connectivity index (χ1v) is 0.289. The van der Waals surface area contributed by atoms with Crippen molar-refractivity contribution in [3.8, 4) is 0 Å². The van der Waals surface area contributed by atoms with E-state index in [-0.39, 0.29) is 29.7 Å². The maximum absolute atomic E-state index is 8.00. The van der Waals surface area contributed by atoms with Gasteiger partial charge in [-0.05, 0) is 0 Å². The van der Waals surface area contributed by atoms with Crippen LogP contribution < -0.4 is 0 Å². The number of hydrogen-bond acceptors (Lipinski definition) is 1. The van der Waals surface area contributed by atoms with E-state index in [1.165, 1.54) is 0 Å². The molecular weight excluding hydrogens is 121 g/mol. The van der Waals surface area contributed by atoms with Crippen molar-refractivity contribution < 1.29 is 4.79 Å². The van der Waals surface area contributed by atoms with E-state index in [1.807, 2.05) is 6.79 Å². The molecule has 0 spiro atoms. The summed E-state index contributed by atoms with van der Waals surface area (Å²) in [6, 6.07) is 0. The second kappa shape index (κ2) is 84.4. The van der Waals surface area contributed by atoms with E-state index in [4.69, 9.17) is 4.79 Å². The van der Waals surface area contributed by atoms with E-state index >= 15 is 0 Å². The summed E-state index contributed by atoms with van der Waals surface area (Å²) in [6.45, 7) is 2.00. The summed E-state index contributed by atoms with van der Waals surface area (Å²) in [5.41, 5.74) is 0. The normalized spacial score (nSPS) is 0.800. The molecule has 0 aromatic carbocycles. The van der Waals surface area contributed by atoms with E-state index in [1.54, 1.807) is 0 Å². The molecule has 0 aliphatic rings. The fourth-order valence-electron chi connectivity index (χ4n) is 0. The molecular formula is CH11OP3. The van der Waals surface area contributed by atoms with Crippen LogP contribution >= 0.6 is 29.7 Å². The van der Waals surface area contributed by atoms with Gasteiger partial charge in [0, 0.05) is 0 Å². The Balaban J connectivity index is -0.00000000167. The zero-order valence-electron chi connectivity index (χ0n) is 3.24. The Bertz CT molecular complexity index is 6.85. The van der Waals surface area contributed by atoms with Crippen molar-refractivity contribution in [1.29, 1.82) is 0 Å². The second-order valence-corrected chi connectivity index (χ2v) is 0. The molecule has 0 aromatic heterocycles. The Morgan fingerprint density at radius 2 is 0.800 bits per heavy atom. The fourth-order valence-corrected chi connectivity index (χ4v) is 0. The quantitative estimate of drug-likeness (QED) is 0.423. The molecule has 3 unspecified atom stereocenters. The molecule has 5 heavy (non-hydrogen) atoms. The van der Waals surface area contributed by atoms with E-state index < -0.39 is 0 Å². The number of carbonyl (C=O) groups is 1. The number of carbonyl (C=O) groups excluding carboxylic acids is 1. The van der Waals surface area contributed by atoms with Crippen LogP contribution in [0.5, 0.6) is 0 Å². The van der Waals surface area contributed by atoms with E-state index in [2.05, 4.69) is 0 Å². The molecule has 0 bridgehead atoms. The zero-order valence-corrected chi connectivity index (χ0v) is 7.48. The van der Waals surface area contributed by atoms with Crippen molar-refractivity contribution in [3.63, 3.8) is 0 Å². The molecule has 0 amide bonds. The zero-order chi connectivity index (χ0) is 2.00. The van der Waals surface area contributed by atoms with Crippen LogP contribution in [0.15, 0.2) is 0 Å². The standard InChI is InChI=1S/CH2O.3H3P/c1-2;;;/h1H2;3*1H3. The first kappa shape index (κ1) is 38.2. The molecule has 4 heteroatoms. The minimum atomic E-state index is 0. The van der Waals surface area contributed by atoms with Gasteiger partial charge in [-0.1, -0.05) is 0 Å². The number of rotatable bonds is 0.